The molecular weight excluding hydrogens is 180 g/mol. The van der Waals surface area contributed by atoms with Crippen LogP contribution in [0.1, 0.15) is 25.2 Å². The lowest BCUT2D eigenvalue weighted by Gasteiger charge is -2.20. The summed E-state index contributed by atoms with van der Waals surface area (Å²) in [6, 6.07) is 0.0557. The van der Waals surface area contributed by atoms with Gasteiger partial charge in [0.25, 0.3) is 0 Å². The van der Waals surface area contributed by atoms with E-state index in [0.29, 0.717) is 5.92 Å². The van der Waals surface area contributed by atoms with E-state index < -0.39 is 0 Å². The monoisotopic (exact) mass is 198 g/mol. The molecule has 1 heterocycles. The lowest BCUT2D eigenvalue weighted by Crippen LogP contribution is -2.33. The van der Waals surface area contributed by atoms with Crippen LogP contribution < -0.4 is 11.3 Å². The highest BCUT2D eigenvalue weighted by Gasteiger charge is 2.19. The molecule has 80 valence electrons. The number of methoxy groups -OCH3 is 1. The van der Waals surface area contributed by atoms with E-state index in [1.165, 1.54) is 0 Å². The van der Waals surface area contributed by atoms with Crippen molar-refractivity contribution in [2.75, 3.05) is 13.7 Å². The predicted octanol–water partition coefficient (Wildman–Crippen LogP) is 0.587. The zero-order valence-corrected chi connectivity index (χ0v) is 8.66. The largest absolute Gasteiger partial charge is 0.385 e. The second-order valence-corrected chi connectivity index (χ2v) is 3.38. The molecule has 0 spiro atoms. The standard InChI is InChI=1S/C9H18N4O/c1-7(3-6-14-2)8(13-10)9-11-4-5-12-9/h4-5,7-8,13H,3,6,10H2,1-2H3,(H,11,12). The molecule has 14 heavy (non-hydrogen) atoms. The van der Waals surface area contributed by atoms with Crippen molar-refractivity contribution in [3.05, 3.63) is 18.2 Å². The molecule has 0 saturated heterocycles. The molecule has 0 saturated carbocycles. The highest BCUT2D eigenvalue weighted by atomic mass is 16.5. The molecule has 1 aromatic rings. The van der Waals surface area contributed by atoms with E-state index in [1.807, 2.05) is 0 Å². The average Bonchev–Trinajstić information content (AvgIpc) is 2.69. The highest BCUT2D eigenvalue weighted by molar-refractivity contribution is 4.96. The van der Waals surface area contributed by atoms with E-state index in [9.17, 15) is 0 Å². The number of hydrogen-bond donors (Lipinski definition) is 3. The minimum atomic E-state index is 0.0557. The fraction of sp³-hybridized carbons (Fsp3) is 0.667. The summed E-state index contributed by atoms with van der Waals surface area (Å²) in [5.41, 5.74) is 2.76. The quantitative estimate of drug-likeness (QED) is 0.462. The molecule has 4 N–H and O–H groups in total. The van der Waals surface area contributed by atoms with Gasteiger partial charge in [-0.05, 0) is 12.3 Å². The minimum absolute atomic E-state index is 0.0557. The number of nitrogens with two attached hydrogens (primary N) is 1. The number of rotatable bonds is 6. The molecular formula is C9H18N4O. The second kappa shape index (κ2) is 5.74. The zero-order chi connectivity index (χ0) is 10.4. The molecule has 2 atom stereocenters. The minimum Gasteiger partial charge on any atom is -0.385 e. The maximum absolute atomic E-state index is 5.49. The third kappa shape index (κ3) is 2.80. The molecule has 0 aliphatic heterocycles. The molecule has 5 nitrogen and oxygen atoms in total. The third-order valence-electron chi connectivity index (χ3n) is 2.34. The van der Waals surface area contributed by atoms with Gasteiger partial charge in [-0.1, -0.05) is 6.92 Å². The number of hydrogen-bond acceptors (Lipinski definition) is 4. The van der Waals surface area contributed by atoms with E-state index in [2.05, 4.69) is 22.3 Å². The summed E-state index contributed by atoms with van der Waals surface area (Å²) in [6.45, 7) is 2.85. The van der Waals surface area contributed by atoms with Crippen LogP contribution >= 0.6 is 0 Å². The van der Waals surface area contributed by atoms with Crippen molar-refractivity contribution in [3.63, 3.8) is 0 Å². The van der Waals surface area contributed by atoms with Crippen molar-refractivity contribution in [1.82, 2.24) is 15.4 Å². The molecule has 0 aliphatic rings. The zero-order valence-electron chi connectivity index (χ0n) is 8.66. The first-order chi connectivity index (χ1) is 6.79. The lowest BCUT2D eigenvalue weighted by atomic mass is 9.99. The Balaban J connectivity index is 2.53. The third-order valence-corrected chi connectivity index (χ3v) is 2.34. The molecule has 0 fully saturated rings. The molecule has 0 bridgehead atoms. The van der Waals surface area contributed by atoms with Gasteiger partial charge in [0, 0.05) is 26.1 Å². The van der Waals surface area contributed by atoms with Gasteiger partial charge >= 0.3 is 0 Å². The van der Waals surface area contributed by atoms with Crippen molar-refractivity contribution in [1.29, 1.82) is 0 Å². The van der Waals surface area contributed by atoms with Crippen molar-refractivity contribution in [2.45, 2.75) is 19.4 Å². The van der Waals surface area contributed by atoms with Gasteiger partial charge in [-0.15, -0.1) is 0 Å². The van der Waals surface area contributed by atoms with E-state index in [4.69, 9.17) is 10.6 Å². The molecule has 0 radical (unpaired) electrons. The van der Waals surface area contributed by atoms with Gasteiger partial charge in [-0.2, -0.15) is 0 Å². The predicted molar refractivity (Wildman–Crippen MR) is 54.3 cm³/mol. The lowest BCUT2D eigenvalue weighted by molar-refractivity contribution is 0.169. The van der Waals surface area contributed by atoms with E-state index in [0.717, 1.165) is 18.9 Å². The first-order valence-electron chi connectivity index (χ1n) is 4.74. The number of nitrogens with zero attached hydrogens (tertiary/aromatic N) is 1. The van der Waals surface area contributed by atoms with Crippen molar-refractivity contribution in [3.8, 4) is 0 Å². The Morgan fingerprint density at radius 1 is 1.71 bits per heavy atom. The van der Waals surface area contributed by atoms with Crippen LogP contribution in [0.25, 0.3) is 0 Å². The van der Waals surface area contributed by atoms with Crippen molar-refractivity contribution in [2.24, 2.45) is 11.8 Å². The Labute approximate surface area is 84.0 Å². The van der Waals surface area contributed by atoms with Crippen LogP contribution in [0.3, 0.4) is 0 Å². The van der Waals surface area contributed by atoms with Gasteiger partial charge in [0.15, 0.2) is 0 Å². The Bertz CT molecular complexity index is 237. The van der Waals surface area contributed by atoms with Gasteiger partial charge in [0.05, 0.1) is 6.04 Å². The number of hydrazine groups is 1. The van der Waals surface area contributed by atoms with Gasteiger partial charge in [0.2, 0.25) is 0 Å². The SMILES string of the molecule is COCCC(C)C(NN)c1ncc[nH]1. The summed E-state index contributed by atoms with van der Waals surface area (Å²) in [5, 5.41) is 0. The van der Waals surface area contributed by atoms with Crippen molar-refractivity contribution >= 4 is 0 Å². The average molecular weight is 198 g/mol. The van der Waals surface area contributed by atoms with Crippen LogP contribution in [-0.2, 0) is 4.74 Å². The first-order valence-corrected chi connectivity index (χ1v) is 4.74. The van der Waals surface area contributed by atoms with Gasteiger partial charge in [0.1, 0.15) is 5.82 Å². The number of nitrogens with one attached hydrogen (secondary N) is 2. The van der Waals surface area contributed by atoms with E-state index in [-0.39, 0.29) is 6.04 Å². The first kappa shape index (κ1) is 11.2. The number of H-pyrrole nitrogens is 1. The van der Waals surface area contributed by atoms with Crippen LogP contribution in [0, 0.1) is 5.92 Å². The molecule has 0 aliphatic carbocycles. The smallest absolute Gasteiger partial charge is 0.124 e. The topological polar surface area (TPSA) is 76.0 Å². The molecule has 2 unspecified atom stereocenters. The Morgan fingerprint density at radius 2 is 2.50 bits per heavy atom. The van der Waals surface area contributed by atoms with E-state index in [1.54, 1.807) is 19.5 Å². The number of imidazole rings is 1. The summed E-state index contributed by atoms with van der Waals surface area (Å²) in [5.74, 6) is 6.74. The molecule has 0 aromatic carbocycles. The fourth-order valence-electron chi connectivity index (χ4n) is 1.43. The van der Waals surface area contributed by atoms with E-state index >= 15 is 0 Å². The summed E-state index contributed by atoms with van der Waals surface area (Å²) < 4.78 is 5.03. The van der Waals surface area contributed by atoms with Crippen LogP contribution in [0.15, 0.2) is 12.4 Å². The number of aromatic amines is 1. The van der Waals surface area contributed by atoms with Gasteiger partial charge in [-0.25, -0.2) is 10.4 Å². The van der Waals surface area contributed by atoms with Crippen LogP contribution in [-0.4, -0.2) is 23.7 Å². The molecule has 1 aromatic heterocycles. The van der Waals surface area contributed by atoms with Crippen LogP contribution in [0.5, 0.6) is 0 Å². The van der Waals surface area contributed by atoms with Gasteiger partial charge < -0.3 is 9.72 Å². The summed E-state index contributed by atoms with van der Waals surface area (Å²) >= 11 is 0. The molecule has 0 amide bonds. The fourth-order valence-corrected chi connectivity index (χ4v) is 1.43. The van der Waals surface area contributed by atoms with Crippen molar-refractivity contribution < 1.29 is 4.74 Å². The molecule has 1 rings (SSSR count). The summed E-state index contributed by atoms with van der Waals surface area (Å²) in [6.07, 6.45) is 4.47. The highest BCUT2D eigenvalue weighted by Crippen LogP contribution is 2.20. The number of aromatic nitrogens is 2. The maximum Gasteiger partial charge on any atom is 0.124 e. The summed E-state index contributed by atoms with van der Waals surface area (Å²) in [7, 11) is 1.70. The Kier molecular flexibility index (Phi) is 4.58. The Hall–Kier alpha value is -0.910. The van der Waals surface area contributed by atoms with Crippen LogP contribution in [0.2, 0.25) is 0 Å². The molecule has 5 heteroatoms. The van der Waals surface area contributed by atoms with Crippen LogP contribution in [0.4, 0.5) is 0 Å². The second-order valence-electron chi connectivity index (χ2n) is 3.38. The maximum atomic E-state index is 5.49. The number of ether oxygens (including phenoxy) is 1. The summed E-state index contributed by atoms with van der Waals surface area (Å²) in [4.78, 5) is 7.23. The Morgan fingerprint density at radius 3 is 3.00 bits per heavy atom. The van der Waals surface area contributed by atoms with Gasteiger partial charge in [-0.3, -0.25) is 5.84 Å². The normalized spacial score (nSPS) is 15.4.